The van der Waals surface area contributed by atoms with Crippen molar-refractivity contribution < 1.29 is 9.53 Å². The number of amidine groups is 1. The lowest BCUT2D eigenvalue weighted by atomic mass is 10.1. The minimum atomic E-state index is -0.610. The highest BCUT2D eigenvalue weighted by atomic mass is 35.5. The summed E-state index contributed by atoms with van der Waals surface area (Å²) in [6.07, 6.45) is 16.0. The first kappa shape index (κ1) is 26.3. The molecule has 170 valence electrons. The van der Waals surface area contributed by atoms with Crippen LogP contribution in [0.4, 0.5) is 0 Å². The van der Waals surface area contributed by atoms with E-state index in [0.717, 1.165) is 31.6 Å². The molecule has 0 unspecified atom stereocenters. The Bertz CT molecular complexity index is 630. The van der Waals surface area contributed by atoms with E-state index in [-0.39, 0.29) is 24.1 Å². The molecular weight excluding hydrogens is 398 g/mol. The second kappa shape index (κ2) is 14.3. The number of unbranched alkanes of at least 4 members (excludes halogenated alkanes) is 10. The Morgan fingerprint density at radius 2 is 1.47 bits per heavy atom. The number of benzene rings is 1. The molecule has 30 heavy (non-hydrogen) atoms. The highest BCUT2D eigenvalue weighted by molar-refractivity contribution is 6.01. The number of halogens is 1. The summed E-state index contributed by atoms with van der Waals surface area (Å²) in [6.45, 7) is 2.98. The Balaban J connectivity index is 0.00000450. The van der Waals surface area contributed by atoms with Crippen LogP contribution in [0.15, 0.2) is 24.3 Å². The molecule has 0 aliphatic heterocycles. The van der Waals surface area contributed by atoms with Gasteiger partial charge >= 0.3 is 0 Å². The molecule has 1 aromatic rings. The van der Waals surface area contributed by atoms with Crippen LogP contribution in [0.5, 0.6) is 5.75 Å². The van der Waals surface area contributed by atoms with E-state index in [1.165, 1.54) is 64.2 Å². The van der Waals surface area contributed by atoms with E-state index < -0.39 is 5.54 Å². The van der Waals surface area contributed by atoms with Crippen LogP contribution in [0.25, 0.3) is 0 Å². The SMILES string of the molecule is CCCCCCCCCCCCCOc1ccc(C(=O)NC2(C(=N)N)CC2)cc1.Cl. The highest BCUT2D eigenvalue weighted by Crippen LogP contribution is 2.35. The van der Waals surface area contributed by atoms with Crippen molar-refractivity contribution in [2.45, 2.75) is 95.9 Å². The monoisotopic (exact) mass is 437 g/mol. The molecule has 1 fully saturated rings. The fourth-order valence-electron chi connectivity index (χ4n) is 3.53. The average Bonchev–Trinajstić information content (AvgIpc) is 3.50. The number of ether oxygens (including phenoxy) is 1. The molecule has 5 nitrogen and oxygen atoms in total. The van der Waals surface area contributed by atoms with Crippen LogP contribution in [0.3, 0.4) is 0 Å². The molecule has 0 heterocycles. The van der Waals surface area contributed by atoms with Gasteiger partial charge in [0, 0.05) is 5.56 Å². The molecule has 0 aromatic heterocycles. The van der Waals surface area contributed by atoms with Crippen molar-refractivity contribution in [2.24, 2.45) is 5.73 Å². The van der Waals surface area contributed by atoms with Crippen molar-refractivity contribution in [3.05, 3.63) is 29.8 Å². The molecule has 1 aliphatic carbocycles. The zero-order valence-electron chi connectivity index (χ0n) is 18.5. The lowest BCUT2D eigenvalue weighted by molar-refractivity contribution is 0.0943. The minimum absolute atomic E-state index is 0. The second-order valence-corrected chi connectivity index (χ2v) is 8.36. The Hall–Kier alpha value is -1.75. The lowest BCUT2D eigenvalue weighted by Crippen LogP contribution is -2.46. The molecule has 1 amide bonds. The van der Waals surface area contributed by atoms with E-state index in [0.29, 0.717) is 5.56 Å². The van der Waals surface area contributed by atoms with Crippen molar-refractivity contribution in [2.75, 3.05) is 6.61 Å². The van der Waals surface area contributed by atoms with E-state index in [1.54, 1.807) is 12.1 Å². The smallest absolute Gasteiger partial charge is 0.252 e. The average molecular weight is 438 g/mol. The molecule has 0 atom stereocenters. The first-order valence-electron chi connectivity index (χ1n) is 11.5. The van der Waals surface area contributed by atoms with Crippen molar-refractivity contribution >= 4 is 24.1 Å². The predicted molar refractivity (Wildman–Crippen MR) is 127 cm³/mol. The molecule has 6 heteroatoms. The van der Waals surface area contributed by atoms with Crippen LogP contribution >= 0.6 is 12.4 Å². The standard InChI is InChI=1S/C24H39N3O2.ClH/c1-2-3-4-5-6-7-8-9-10-11-12-19-29-21-15-13-20(14-16-21)22(28)27-24(17-18-24)23(25)26;/h13-16H,2-12,17-19H2,1H3,(H3,25,26)(H,27,28);1H. The zero-order valence-corrected chi connectivity index (χ0v) is 19.3. The van der Waals surface area contributed by atoms with Gasteiger partial charge in [-0.3, -0.25) is 10.2 Å². The number of carbonyl (C=O) groups is 1. The van der Waals surface area contributed by atoms with Crippen LogP contribution in [-0.2, 0) is 0 Å². The topological polar surface area (TPSA) is 88.2 Å². The van der Waals surface area contributed by atoms with Crippen LogP contribution in [-0.4, -0.2) is 23.9 Å². The Labute approximate surface area is 188 Å². The molecule has 0 saturated heterocycles. The van der Waals surface area contributed by atoms with Crippen LogP contribution in [0.2, 0.25) is 0 Å². The Morgan fingerprint density at radius 1 is 0.967 bits per heavy atom. The van der Waals surface area contributed by atoms with Gasteiger partial charge in [0.25, 0.3) is 5.91 Å². The quantitative estimate of drug-likeness (QED) is 0.168. The van der Waals surface area contributed by atoms with Crippen molar-refractivity contribution in [1.29, 1.82) is 5.41 Å². The van der Waals surface area contributed by atoms with Gasteiger partial charge in [0.15, 0.2) is 0 Å². The highest BCUT2D eigenvalue weighted by Gasteiger charge is 2.47. The number of nitrogens with two attached hydrogens (primary N) is 1. The van der Waals surface area contributed by atoms with Crippen molar-refractivity contribution in [3.63, 3.8) is 0 Å². The van der Waals surface area contributed by atoms with Gasteiger partial charge in [-0.2, -0.15) is 0 Å². The van der Waals surface area contributed by atoms with E-state index in [2.05, 4.69) is 12.2 Å². The van der Waals surface area contributed by atoms with Gasteiger partial charge in [0.05, 0.1) is 12.1 Å². The number of amides is 1. The van der Waals surface area contributed by atoms with E-state index >= 15 is 0 Å². The summed E-state index contributed by atoms with van der Waals surface area (Å²) < 4.78 is 5.79. The molecule has 2 rings (SSSR count). The number of rotatable bonds is 16. The molecule has 1 aliphatic rings. The van der Waals surface area contributed by atoms with Crippen LogP contribution in [0, 0.1) is 5.41 Å². The summed E-state index contributed by atoms with van der Waals surface area (Å²) in [5.41, 5.74) is 5.53. The minimum Gasteiger partial charge on any atom is -0.494 e. The number of hydrogen-bond acceptors (Lipinski definition) is 3. The summed E-state index contributed by atoms with van der Waals surface area (Å²) >= 11 is 0. The van der Waals surface area contributed by atoms with Crippen molar-refractivity contribution in [3.8, 4) is 5.75 Å². The molecule has 0 bridgehead atoms. The number of nitrogens with one attached hydrogen (secondary N) is 2. The lowest BCUT2D eigenvalue weighted by Gasteiger charge is -2.15. The summed E-state index contributed by atoms with van der Waals surface area (Å²) in [5, 5.41) is 10.4. The van der Waals surface area contributed by atoms with Gasteiger partial charge < -0.3 is 15.8 Å². The largest absolute Gasteiger partial charge is 0.494 e. The molecule has 4 N–H and O–H groups in total. The van der Waals surface area contributed by atoms with Gasteiger partial charge in [-0.25, -0.2) is 0 Å². The van der Waals surface area contributed by atoms with Gasteiger partial charge in [-0.1, -0.05) is 71.1 Å². The van der Waals surface area contributed by atoms with Gasteiger partial charge in [-0.15, -0.1) is 12.4 Å². The summed E-state index contributed by atoms with van der Waals surface area (Å²) in [7, 11) is 0. The number of carbonyl (C=O) groups excluding carboxylic acids is 1. The molecule has 0 spiro atoms. The maximum Gasteiger partial charge on any atom is 0.252 e. The normalized spacial score (nSPS) is 13.9. The summed E-state index contributed by atoms with van der Waals surface area (Å²) in [4.78, 5) is 12.3. The third-order valence-electron chi connectivity index (χ3n) is 5.75. The van der Waals surface area contributed by atoms with Gasteiger partial charge in [0.2, 0.25) is 0 Å². The first-order chi connectivity index (χ1) is 14.1. The Morgan fingerprint density at radius 3 is 1.93 bits per heavy atom. The molecule has 1 aromatic carbocycles. The van der Waals surface area contributed by atoms with E-state index in [4.69, 9.17) is 15.9 Å². The number of hydrogen-bond donors (Lipinski definition) is 3. The fraction of sp³-hybridized carbons (Fsp3) is 0.667. The Kier molecular flexibility index (Phi) is 12.5. The second-order valence-electron chi connectivity index (χ2n) is 8.36. The third kappa shape index (κ3) is 9.38. The molecular formula is C24H40ClN3O2. The van der Waals surface area contributed by atoms with Gasteiger partial charge in [0.1, 0.15) is 11.6 Å². The maximum atomic E-state index is 12.3. The zero-order chi connectivity index (χ0) is 21.0. The third-order valence-corrected chi connectivity index (χ3v) is 5.75. The van der Waals surface area contributed by atoms with Gasteiger partial charge in [-0.05, 0) is 43.5 Å². The summed E-state index contributed by atoms with van der Waals surface area (Å²) in [6, 6.07) is 7.20. The maximum absolute atomic E-state index is 12.3. The summed E-state index contributed by atoms with van der Waals surface area (Å²) in [5.74, 6) is 0.647. The predicted octanol–water partition coefficient (Wildman–Crippen LogP) is 6.00. The van der Waals surface area contributed by atoms with Crippen LogP contribution < -0.4 is 15.8 Å². The molecule has 0 radical (unpaired) electrons. The van der Waals surface area contributed by atoms with Crippen LogP contribution in [0.1, 0.15) is 101 Å². The first-order valence-corrected chi connectivity index (χ1v) is 11.5. The van der Waals surface area contributed by atoms with E-state index in [1.807, 2.05) is 12.1 Å². The van der Waals surface area contributed by atoms with E-state index in [9.17, 15) is 4.79 Å². The fourth-order valence-corrected chi connectivity index (χ4v) is 3.53. The van der Waals surface area contributed by atoms with Crippen molar-refractivity contribution in [1.82, 2.24) is 5.32 Å². The molecule has 1 saturated carbocycles.